The van der Waals surface area contributed by atoms with Crippen LogP contribution in [0.3, 0.4) is 0 Å². The molecule has 0 radical (unpaired) electrons. The Morgan fingerprint density at radius 2 is 2.10 bits per heavy atom. The van der Waals surface area contributed by atoms with E-state index in [0.29, 0.717) is 10.6 Å². The van der Waals surface area contributed by atoms with E-state index in [1.807, 2.05) is 19.9 Å². The maximum absolute atomic E-state index is 11.0. The minimum absolute atomic E-state index is 0.220. The van der Waals surface area contributed by atoms with Crippen LogP contribution in [0.2, 0.25) is 0 Å². The van der Waals surface area contributed by atoms with Crippen molar-refractivity contribution in [2.45, 2.75) is 23.8 Å². The maximum atomic E-state index is 11.0. The lowest BCUT2D eigenvalue weighted by molar-refractivity contribution is 0.0696. The molecule has 4 nitrogen and oxygen atoms in total. The smallest absolute Gasteiger partial charge is 0.335 e. The number of pyridine rings is 1. The Hall–Kier alpha value is -2.32. The molecule has 20 heavy (non-hydrogen) atoms. The fourth-order valence-electron chi connectivity index (χ4n) is 1.82. The van der Waals surface area contributed by atoms with Crippen LogP contribution in [0.25, 0.3) is 0 Å². The highest BCUT2D eigenvalue weighted by atomic mass is 32.2. The van der Waals surface area contributed by atoms with E-state index >= 15 is 0 Å². The predicted octanol–water partition coefficient (Wildman–Crippen LogP) is 3.42. The number of nitrogens with zero attached hydrogens (tertiary/aromatic N) is 2. The molecule has 0 atom stereocenters. The molecular weight excluding hydrogens is 272 g/mol. The minimum Gasteiger partial charge on any atom is -0.478 e. The van der Waals surface area contributed by atoms with Crippen molar-refractivity contribution in [3.63, 3.8) is 0 Å². The van der Waals surface area contributed by atoms with Crippen LogP contribution in [0.5, 0.6) is 0 Å². The van der Waals surface area contributed by atoms with Crippen molar-refractivity contribution >= 4 is 17.7 Å². The van der Waals surface area contributed by atoms with Crippen LogP contribution in [0.15, 0.2) is 40.3 Å². The summed E-state index contributed by atoms with van der Waals surface area (Å²) in [4.78, 5) is 16.1. The molecule has 2 rings (SSSR count). The Morgan fingerprint density at radius 3 is 2.75 bits per heavy atom. The highest BCUT2D eigenvalue weighted by Crippen LogP contribution is 2.30. The summed E-state index contributed by atoms with van der Waals surface area (Å²) in [5.74, 6) is -0.971. The molecule has 0 aliphatic carbocycles. The molecule has 0 fully saturated rings. The van der Waals surface area contributed by atoms with Crippen molar-refractivity contribution in [2.75, 3.05) is 0 Å². The molecule has 0 saturated heterocycles. The Bertz CT molecular complexity index is 720. The lowest BCUT2D eigenvalue weighted by Crippen LogP contribution is -1.96. The Balaban J connectivity index is 2.42. The van der Waals surface area contributed by atoms with Gasteiger partial charge in [0.25, 0.3) is 0 Å². The largest absolute Gasteiger partial charge is 0.478 e. The molecule has 0 unspecified atom stereocenters. The van der Waals surface area contributed by atoms with Gasteiger partial charge >= 0.3 is 5.97 Å². The lowest BCUT2D eigenvalue weighted by atomic mass is 10.1. The number of carboxylic acid groups (broad SMARTS) is 1. The molecule has 0 bridgehead atoms. The quantitative estimate of drug-likeness (QED) is 0.934. The number of hydrogen-bond acceptors (Lipinski definition) is 4. The summed E-state index contributed by atoms with van der Waals surface area (Å²) in [5, 5.41) is 18.8. The summed E-state index contributed by atoms with van der Waals surface area (Å²) in [5.41, 5.74) is 2.45. The summed E-state index contributed by atoms with van der Waals surface area (Å²) in [6.45, 7) is 3.73. The number of benzene rings is 1. The SMILES string of the molecule is Cc1cc(C)c(C#N)c(Sc2cccc(C(=O)O)c2)n1. The number of carboxylic acids is 1. The molecule has 0 spiro atoms. The number of rotatable bonds is 3. The van der Waals surface area contributed by atoms with Gasteiger partial charge in [-0.15, -0.1) is 0 Å². The third-order valence-corrected chi connectivity index (χ3v) is 3.70. The van der Waals surface area contributed by atoms with E-state index in [1.54, 1.807) is 18.2 Å². The van der Waals surface area contributed by atoms with Gasteiger partial charge < -0.3 is 5.11 Å². The first kappa shape index (κ1) is 14.1. The van der Waals surface area contributed by atoms with Gasteiger partial charge in [-0.25, -0.2) is 9.78 Å². The van der Waals surface area contributed by atoms with Crippen LogP contribution in [-0.2, 0) is 0 Å². The predicted molar refractivity (Wildman–Crippen MR) is 76.0 cm³/mol. The molecule has 1 aromatic heterocycles. The van der Waals surface area contributed by atoms with Gasteiger partial charge in [-0.2, -0.15) is 5.26 Å². The first-order valence-electron chi connectivity index (χ1n) is 5.91. The second-order valence-corrected chi connectivity index (χ2v) is 5.37. The molecule has 0 saturated carbocycles. The van der Waals surface area contributed by atoms with Crippen molar-refractivity contribution in [3.05, 3.63) is 52.7 Å². The van der Waals surface area contributed by atoms with Crippen molar-refractivity contribution in [1.82, 2.24) is 4.98 Å². The standard InChI is InChI=1S/C15H12N2O2S/c1-9-6-10(2)17-14(13(9)8-16)20-12-5-3-4-11(7-12)15(18)19/h3-7H,1-2H3,(H,18,19). The highest BCUT2D eigenvalue weighted by Gasteiger charge is 2.11. The molecule has 100 valence electrons. The van der Waals surface area contributed by atoms with Crippen LogP contribution >= 0.6 is 11.8 Å². The summed E-state index contributed by atoms with van der Waals surface area (Å²) in [6.07, 6.45) is 0. The highest BCUT2D eigenvalue weighted by molar-refractivity contribution is 7.99. The van der Waals surface area contributed by atoms with Gasteiger partial charge in [0, 0.05) is 10.6 Å². The average Bonchev–Trinajstić information content (AvgIpc) is 2.38. The molecular formula is C15H12N2O2S. The lowest BCUT2D eigenvalue weighted by Gasteiger charge is -2.07. The summed E-state index contributed by atoms with van der Waals surface area (Å²) >= 11 is 1.30. The number of hydrogen-bond donors (Lipinski definition) is 1. The van der Waals surface area contributed by atoms with E-state index in [4.69, 9.17) is 5.11 Å². The van der Waals surface area contributed by atoms with Gasteiger partial charge in [0.05, 0.1) is 11.1 Å². The normalized spacial score (nSPS) is 10.1. The third-order valence-electron chi connectivity index (χ3n) is 2.72. The van der Waals surface area contributed by atoms with Crippen molar-refractivity contribution in [1.29, 1.82) is 5.26 Å². The summed E-state index contributed by atoms with van der Waals surface area (Å²) in [6, 6.07) is 10.6. The van der Waals surface area contributed by atoms with Gasteiger partial charge in [-0.05, 0) is 43.7 Å². The topological polar surface area (TPSA) is 74.0 Å². The Kier molecular flexibility index (Phi) is 4.06. The van der Waals surface area contributed by atoms with Crippen LogP contribution in [0.1, 0.15) is 27.2 Å². The molecule has 0 aliphatic rings. The van der Waals surface area contributed by atoms with Crippen LogP contribution in [-0.4, -0.2) is 16.1 Å². The number of aromatic carboxylic acids is 1. The van der Waals surface area contributed by atoms with E-state index in [9.17, 15) is 10.1 Å². The minimum atomic E-state index is -0.971. The van der Waals surface area contributed by atoms with E-state index in [1.165, 1.54) is 17.8 Å². The van der Waals surface area contributed by atoms with Crippen molar-refractivity contribution < 1.29 is 9.90 Å². The van der Waals surface area contributed by atoms with Gasteiger partial charge in [-0.1, -0.05) is 17.8 Å². The van der Waals surface area contributed by atoms with Crippen LogP contribution < -0.4 is 0 Å². The fourth-order valence-corrected chi connectivity index (χ4v) is 2.87. The fraction of sp³-hybridized carbons (Fsp3) is 0.133. The van der Waals surface area contributed by atoms with E-state index in [0.717, 1.165) is 16.2 Å². The van der Waals surface area contributed by atoms with E-state index in [-0.39, 0.29) is 5.56 Å². The zero-order valence-electron chi connectivity index (χ0n) is 11.0. The third kappa shape index (κ3) is 2.98. The summed E-state index contributed by atoms with van der Waals surface area (Å²) < 4.78 is 0. The molecule has 1 aromatic carbocycles. The zero-order valence-corrected chi connectivity index (χ0v) is 11.9. The second kappa shape index (κ2) is 5.76. The van der Waals surface area contributed by atoms with Gasteiger partial charge in [-0.3, -0.25) is 0 Å². The Labute approximate surface area is 121 Å². The molecule has 2 aromatic rings. The number of nitriles is 1. The second-order valence-electron chi connectivity index (χ2n) is 4.31. The molecule has 1 N–H and O–H groups in total. The van der Waals surface area contributed by atoms with Gasteiger partial charge in [0.2, 0.25) is 0 Å². The number of aromatic nitrogens is 1. The first-order valence-corrected chi connectivity index (χ1v) is 6.72. The number of aryl methyl sites for hydroxylation is 2. The van der Waals surface area contributed by atoms with E-state index < -0.39 is 5.97 Å². The van der Waals surface area contributed by atoms with Crippen molar-refractivity contribution in [3.8, 4) is 6.07 Å². The molecule has 5 heteroatoms. The first-order chi connectivity index (χ1) is 9.51. The maximum Gasteiger partial charge on any atom is 0.335 e. The average molecular weight is 284 g/mol. The van der Waals surface area contributed by atoms with Gasteiger partial charge in [0.15, 0.2) is 0 Å². The van der Waals surface area contributed by atoms with Crippen molar-refractivity contribution in [2.24, 2.45) is 0 Å². The molecule has 0 amide bonds. The zero-order chi connectivity index (χ0) is 14.7. The molecule has 1 heterocycles. The van der Waals surface area contributed by atoms with E-state index in [2.05, 4.69) is 11.1 Å². The van der Waals surface area contributed by atoms with Crippen LogP contribution in [0, 0.1) is 25.2 Å². The Morgan fingerprint density at radius 1 is 1.35 bits per heavy atom. The molecule has 0 aliphatic heterocycles. The monoisotopic (exact) mass is 284 g/mol. The number of carbonyl (C=O) groups is 1. The van der Waals surface area contributed by atoms with Crippen LogP contribution in [0.4, 0.5) is 0 Å². The van der Waals surface area contributed by atoms with Gasteiger partial charge in [0.1, 0.15) is 11.1 Å². The summed E-state index contributed by atoms with van der Waals surface area (Å²) in [7, 11) is 0.